The van der Waals surface area contributed by atoms with E-state index >= 15 is 0 Å². The summed E-state index contributed by atoms with van der Waals surface area (Å²) in [6.45, 7) is 4.35. The van der Waals surface area contributed by atoms with Crippen LogP contribution in [0.3, 0.4) is 0 Å². The Morgan fingerprint density at radius 2 is 1.93 bits per heavy atom. The maximum atomic E-state index is 12.3. The van der Waals surface area contributed by atoms with Gasteiger partial charge in [0.05, 0.1) is 23.7 Å². The number of carbonyl (C=O) groups excluding carboxylic acids is 1. The molecule has 0 N–H and O–H groups in total. The molecule has 1 saturated heterocycles. The molecule has 0 aromatic heterocycles. The summed E-state index contributed by atoms with van der Waals surface area (Å²) in [7, 11) is 0. The molecule has 8 heteroatoms. The predicted octanol–water partition coefficient (Wildman–Crippen LogP) is 2.98. The van der Waals surface area contributed by atoms with Crippen molar-refractivity contribution < 1.29 is 23.9 Å². The van der Waals surface area contributed by atoms with Gasteiger partial charge in [-0.15, -0.1) is 0 Å². The lowest BCUT2D eigenvalue weighted by atomic mass is 10.1. The standard InChI is InChI=1S/C20H22N2O6/c1-15-4-2-3-5-19(15)27-12-13-28-20(23)16-6-7-17(18(14-16)22(24)25)21-8-10-26-11-9-21/h2-7,14H,8-13H2,1H3. The number of hydrogen-bond acceptors (Lipinski definition) is 7. The lowest BCUT2D eigenvalue weighted by molar-refractivity contribution is -0.384. The molecule has 2 aromatic rings. The molecule has 1 fully saturated rings. The molecule has 2 aromatic carbocycles. The number of hydrogen-bond donors (Lipinski definition) is 0. The molecule has 1 aliphatic heterocycles. The van der Waals surface area contributed by atoms with E-state index in [0.717, 1.165) is 11.3 Å². The maximum absolute atomic E-state index is 12.3. The molecule has 148 valence electrons. The van der Waals surface area contributed by atoms with Gasteiger partial charge in [-0.3, -0.25) is 10.1 Å². The molecule has 0 aliphatic carbocycles. The number of carbonyl (C=O) groups is 1. The predicted molar refractivity (Wildman–Crippen MR) is 103 cm³/mol. The molecule has 28 heavy (non-hydrogen) atoms. The number of benzene rings is 2. The van der Waals surface area contributed by atoms with E-state index in [1.165, 1.54) is 6.07 Å². The van der Waals surface area contributed by atoms with Crippen LogP contribution in [0.1, 0.15) is 15.9 Å². The molecular formula is C20H22N2O6. The second-order valence-electron chi connectivity index (χ2n) is 6.31. The zero-order chi connectivity index (χ0) is 19.9. The van der Waals surface area contributed by atoms with Crippen molar-refractivity contribution in [3.8, 4) is 5.75 Å². The number of esters is 1. The third-order valence-electron chi connectivity index (χ3n) is 4.43. The first-order valence-electron chi connectivity index (χ1n) is 9.03. The minimum absolute atomic E-state index is 0.0478. The molecule has 3 rings (SSSR count). The Balaban J connectivity index is 1.60. The smallest absolute Gasteiger partial charge is 0.338 e. The van der Waals surface area contributed by atoms with Crippen molar-refractivity contribution >= 4 is 17.3 Å². The average Bonchev–Trinajstić information content (AvgIpc) is 2.72. The Bertz CT molecular complexity index is 848. The van der Waals surface area contributed by atoms with E-state index in [1.807, 2.05) is 36.1 Å². The second kappa shape index (κ2) is 9.18. The summed E-state index contributed by atoms with van der Waals surface area (Å²) in [6, 6.07) is 11.9. The highest BCUT2D eigenvalue weighted by Crippen LogP contribution is 2.30. The number of para-hydroxylation sites is 1. The fourth-order valence-electron chi connectivity index (χ4n) is 2.96. The monoisotopic (exact) mass is 386 g/mol. The van der Waals surface area contributed by atoms with Gasteiger partial charge in [0, 0.05) is 19.2 Å². The first kappa shape index (κ1) is 19.6. The molecule has 0 unspecified atom stereocenters. The molecular weight excluding hydrogens is 364 g/mol. The average molecular weight is 386 g/mol. The number of ether oxygens (including phenoxy) is 3. The van der Waals surface area contributed by atoms with Crippen LogP contribution in [0.15, 0.2) is 42.5 Å². The van der Waals surface area contributed by atoms with Crippen molar-refractivity contribution in [3.63, 3.8) is 0 Å². The van der Waals surface area contributed by atoms with Crippen LogP contribution in [-0.4, -0.2) is 50.4 Å². The second-order valence-corrected chi connectivity index (χ2v) is 6.31. The quantitative estimate of drug-likeness (QED) is 0.313. The van der Waals surface area contributed by atoms with E-state index in [1.54, 1.807) is 12.1 Å². The summed E-state index contributed by atoms with van der Waals surface area (Å²) in [5.41, 5.74) is 1.49. The van der Waals surface area contributed by atoms with Gasteiger partial charge in [0.25, 0.3) is 5.69 Å². The van der Waals surface area contributed by atoms with E-state index in [-0.39, 0.29) is 24.5 Å². The van der Waals surface area contributed by atoms with Crippen LogP contribution in [0.4, 0.5) is 11.4 Å². The first-order chi connectivity index (χ1) is 13.6. The van der Waals surface area contributed by atoms with Gasteiger partial charge in [0.2, 0.25) is 0 Å². The van der Waals surface area contributed by atoms with E-state index in [0.29, 0.717) is 32.0 Å². The van der Waals surface area contributed by atoms with E-state index in [9.17, 15) is 14.9 Å². The number of nitro groups is 1. The van der Waals surface area contributed by atoms with Gasteiger partial charge in [0.1, 0.15) is 24.7 Å². The van der Waals surface area contributed by atoms with E-state index in [4.69, 9.17) is 14.2 Å². The first-order valence-corrected chi connectivity index (χ1v) is 9.03. The van der Waals surface area contributed by atoms with Crippen LogP contribution in [-0.2, 0) is 9.47 Å². The third-order valence-corrected chi connectivity index (χ3v) is 4.43. The van der Waals surface area contributed by atoms with Crippen LogP contribution in [0.25, 0.3) is 0 Å². The molecule has 0 radical (unpaired) electrons. The molecule has 1 heterocycles. The van der Waals surface area contributed by atoms with Crippen molar-refractivity contribution in [2.75, 3.05) is 44.4 Å². The number of anilines is 1. The Labute approximate surface area is 162 Å². The van der Waals surface area contributed by atoms with Crippen molar-refractivity contribution in [1.82, 2.24) is 0 Å². The van der Waals surface area contributed by atoms with Crippen molar-refractivity contribution in [1.29, 1.82) is 0 Å². The van der Waals surface area contributed by atoms with Gasteiger partial charge in [-0.25, -0.2) is 4.79 Å². The molecule has 0 spiro atoms. The summed E-state index contributed by atoms with van der Waals surface area (Å²) < 4.78 is 16.0. The van der Waals surface area contributed by atoms with Crippen molar-refractivity contribution in [2.45, 2.75) is 6.92 Å². The van der Waals surface area contributed by atoms with E-state index < -0.39 is 10.9 Å². The topological polar surface area (TPSA) is 91.1 Å². The van der Waals surface area contributed by atoms with Crippen LogP contribution in [0.2, 0.25) is 0 Å². The van der Waals surface area contributed by atoms with Crippen LogP contribution < -0.4 is 9.64 Å². The summed E-state index contributed by atoms with van der Waals surface area (Å²) >= 11 is 0. The van der Waals surface area contributed by atoms with Gasteiger partial charge in [-0.2, -0.15) is 0 Å². The molecule has 0 amide bonds. The lowest BCUT2D eigenvalue weighted by Gasteiger charge is -2.28. The highest BCUT2D eigenvalue weighted by molar-refractivity contribution is 5.91. The maximum Gasteiger partial charge on any atom is 0.338 e. The Morgan fingerprint density at radius 1 is 1.18 bits per heavy atom. The lowest BCUT2D eigenvalue weighted by Crippen LogP contribution is -2.36. The highest BCUT2D eigenvalue weighted by atomic mass is 16.6. The number of nitro benzene ring substituents is 1. The van der Waals surface area contributed by atoms with Gasteiger partial charge in [-0.1, -0.05) is 18.2 Å². The summed E-state index contributed by atoms with van der Waals surface area (Å²) in [6.07, 6.45) is 0. The Morgan fingerprint density at radius 3 is 2.64 bits per heavy atom. The van der Waals surface area contributed by atoms with Gasteiger partial charge in [-0.05, 0) is 30.7 Å². The third kappa shape index (κ3) is 4.77. The minimum Gasteiger partial charge on any atom is -0.490 e. The zero-order valence-corrected chi connectivity index (χ0v) is 15.6. The molecule has 1 aliphatic rings. The van der Waals surface area contributed by atoms with Crippen molar-refractivity contribution in [3.05, 3.63) is 63.7 Å². The van der Waals surface area contributed by atoms with Crippen LogP contribution in [0, 0.1) is 17.0 Å². The molecule has 0 saturated carbocycles. The number of morpholine rings is 1. The highest BCUT2D eigenvalue weighted by Gasteiger charge is 2.23. The molecule has 0 atom stereocenters. The SMILES string of the molecule is Cc1ccccc1OCCOC(=O)c1ccc(N2CCOCC2)c([N+](=O)[O-])c1. The fourth-order valence-corrected chi connectivity index (χ4v) is 2.96. The van der Waals surface area contributed by atoms with Gasteiger partial charge in [0.15, 0.2) is 0 Å². The Kier molecular flexibility index (Phi) is 6.44. The fraction of sp³-hybridized carbons (Fsp3) is 0.350. The number of aryl methyl sites for hydroxylation is 1. The largest absolute Gasteiger partial charge is 0.490 e. The number of nitrogens with zero attached hydrogens (tertiary/aromatic N) is 2. The zero-order valence-electron chi connectivity index (χ0n) is 15.6. The normalized spacial score (nSPS) is 13.8. The summed E-state index contributed by atoms with van der Waals surface area (Å²) in [4.78, 5) is 25.1. The summed E-state index contributed by atoms with van der Waals surface area (Å²) in [5, 5.41) is 11.5. The van der Waals surface area contributed by atoms with Gasteiger partial charge >= 0.3 is 5.97 Å². The number of rotatable bonds is 7. The van der Waals surface area contributed by atoms with Crippen LogP contribution >= 0.6 is 0 Å². The summed E-state index contributed by atoms with van der Waals surface area (Å²) in [5.74, 6) is 0.106. The van der Waals surface area contributed by atoms with Crippen LogP contribution in [0.5, 0.6) is 5.75 Å². The minimum atomic E-state index is -0.620. The van der Waals surface area contributed by atoms with E-state index in [2.05, 4.69) is 0 Å². The Hall–Kier alpha value is -3.13. The molecule has 0 bridgehead atoms. The van der Waals surface area contributed by atoms with Gasteiger partial charge < -0.3 is 19.1 Å². The van der Waals surface area contributed by atoms with Crippen molar-refractivity contribution in [2.24, 2.45) is 0 Å². The molecule has 8 nitrogen and oxygen atoms in total.